The van der Waals surface area contributed by atoms with Gasteiger partial charge in [0, 0.05) is 6.54 Å². The Kier molecular flexibility index (Phi) is 5.61. The fourth-order valence-corrected chi connectivity index (χ4v) is 2.10. The Hall–Kier alpha value is -1.08. The quantitative estimate of drug-likeness (QED) is 0.838. The second-order valence-electron chi connectivity index (χ2n) is 3.98. The molecule has 0 saturated carbocycles. The van der Waals surface area contributed by atoms with Gasteiger partial charge in [-0.15, -0.1) is 0 Å². The molecular formula is C11H15F3N2OS. The number of amides is 1. The summed E-state index contributed by atoms with van der Waals surface area (Å²) in [6, 6.07) is 1.96. The van der Waals surface area contributed by atoms with Crippen molar-refractivity contribution in [3.05, 3.63) is 22.4 Å². The topological polar surface area (TPSA) is 41.1 Å². The van der Waals surface area contributed by atoms with Crippen molar-refractivity contribution in [1.29, 1.82) is 0 Å². The van der Waals surface area contributed by atoms with Crippen LogP contribution in [0.3, 0.4) is 0 Å². The highest BCUT2D eigenvalue weighted by Crippen LogP contribution is 2.17. The lowest BCUT2D eigenvalue weighted by Crippen LogP contribution is -2.39. The SMILES string of the molecule is C[C@H](CNC(=O)CNCC(F)(F)F)c1ccsc1. The van der Waals surface area contributed by atoms with Crippen LogP contribution in [0.2, 0.25) is 0 Å². The largest absolute Gasteiger partial charge is 0.401 e. The minimum absolute atomic E-state index is 0.155. The number of alkyl halides is 3. The monoisotopic (exact) mass is 280 g/mol. The Morgan fingerprint density at radius 3 is 2.78 bits per heavy atom. The van der Waals surface area contributed by atoms with Crippen molar-refractivity contribution in [1.82, 2.24) is 10.6 Å². The lowest BCUT2D eigenvalue weighted by atomic mass is 10.1. The number of carbonyl (C=O) groups excluding carboxylic acids is 1. The van der Waals surface area contributed by atoms with Crippen molar-refractivity contribution in [2.45, 2.75) is 19.0 Å². The summed E-state index contributed by atoms with van der Waals surface area (Å²) in [6.07, 6.45) is -4.29. The second kappa shape index (κ2) is 6.75. The van der Waals surface area contributed by atoms with Crippen LogP contribution in [0, 0.1) is 0 Å². The van der Waals surface area contributed by atoms with E-state index in [0.717, 1.165) is 5.56 Å². The van der Waals surface area contributed by atoms with Gasteiger partial charge < -0.3 is 10.6 Å². The zero-order valence-electron chi connectivity index (χ0n) is 9.88. The maximum absolute atomic E-state index is 11.8. The van der Waals surface area contributed by atoms with Crippen molar-refractivity contribution >= 4 is 17.2 Å². The van der Waals surface area contributed by atoms with E-state index in [0.29, 0.717) is 6.54 Å². The lowest BCUT2D eigenvalue weighted by Gasteiger charge is -2.12. The molecule has 0 unspecified atom stereocenters. The standard InChI is InChI=1S/C11H15F3N2OS/c1-8(9-2-3-18-6-9)4-16-10(17)5-15-7-11(12,13)14/h2-3,6,8,15H,4-5,7H2,1H3,(H,16,17)/t8-/m1/s1. The molecule has 0 fully saturated rings. The lowest BCUT2D eigenvalue weighted by molar-refractivity contribution is -0.128. The highest BCUT2D eigenvalue weighted by Gasteiger charge is 2.26. The maximum atomic E-state index is 11.8. The van der Waals surface area contributed by atoms with Crippen molar-refractivity contribution in [2.75, 3.05) is 19.6 Å². The van der Waals surface area contributed by atoms with E-state index in [-0.39, 0.29) is 12.5 Å². The van der Waals surface area contributed by atoms with Crippen molar-refractivity contribution < 1.29 is 18.0 Å². The summed E-state index contributed by atoms with van der Waals surface area (Å²) in [5, 5.41) is 8.57. The first kappa shape index (κ1) is 15.0. The van der Waals surface area contributed by atoms with Gasteiger partial charge in [-0.1, -0.05) is 6.92 Å². The van der Waals surface area contributed by atoms with E-state index >= 15 is 0 Å². The molecule has 3 nitrogen and oxygen atoms in total. The zero-order valence-corrected chi connectivity index (χ0v) is 10.7. The van der Waals surface area contributed by atoms with Gasteiger partial charge in [-0.05, 0) is 28.3 Å². The molecule has 1 heterocycles. The smallest absolute Gasteiger partial charge is 0.354 e. The Morgan fingerprint density at radius 1 is 1.50 bits per heavy atom. The third kappa shape index (κ3) is 6.02. The first-order valence-corrected chi connectivity index (χ1v) is 6.39. The highest BCUT2D eigenvalue weighted by molar-refractivity contribution is 7.07. The average Bonchev–Trinajstić information content (AvgIpc) is 2.77. The molecule has 0 bridgehead atoms. The Balaban J connectivity index is 2.17. The molecule has 1 aromatic rings. The van der Waals surface area contributed by atoms with Crippen LogP contribution in [-0.4, -0.2) is 31.7 Å². The number of rotatable bonds is 6. The van der Waals surface area contributed by atoms with Gasteiger partial charge in [-0.25, -0.2) is 0 Å². The van der Waals surface area contributed by atoms with E-state index in [1.165, 1.54) is 0 Å². The van der Waals surface area contributed by atoms with Crippen LogP contribution in [0.4, 0.5) is 13.2 Å². The average molecular weight is 280 g/mol. The van der Waals surface area contributed by atoms with E-state index < -0.39 is 18.6 Å². The minimum atomic E-state index is -4.29. The highest BCUT2D eigenvalue weighted by atomic mass is 32.1. The summed E-state index contributed by atoms with van der Waals surface area (Å²) in [5.74, 6) is -0.274. The van der Waals surface area contributed by atoms with Gasteiger partial charge in [0.2, 0.25) is 5.91 Å². The predicted molar refractivity (Wildman–Crippen MR) is 64.7 cm³/mol. The molecule has 1 atom stereocenters. The van der Waals surface area contributed by atoms with E-state index in [2.05, 4.69) is 5.32 Å². The molecule has 7 heteroatoms. The second-order valence-corrected chi connectivity index (χ2v) is 4.76. The molecule has 1 amide bonds. The molecule has 0 aromatic carbocycles. The van der Waals surface area contributed by atoms with Gasteiger partial charge in [0.25, 0.3) is 0 Å². The van der Waals surface area contributed by atoms with Crippen LogP contribution < -0.4 is 10.6 Å². The molecule has 1 rings (SSSR count). The molecule has 0 spiro atoms. The molecule has 0 saturated heterocycles. The van der Waals surface area contributed by atoms with E-state index in [1.54, 1.807) is 11.3 Å². The van der Waals surface area contributed by atoms with Crippen LogP contribution in [0.5, 0.6) is 0 Å². The van der Waals surface area contributed by atoms with Crippen LogP contribution in [0.1, 0.15) is 18.4 Å². The van der Waals surface area contributed by atoms with Crippen molar-refractivity contribution in [2.24, 2.45) is 0 Å². The summed E-state index contributed by atoms with van der Waals surface area (Å²) >= 11 is 1.57. The summed E-state index contributed by atoms with van der Waals surface area (Å²) in [4.78, 5) is 11.3. The molecule has 0 aliphatic carbocycles. The van der Waals surface area contributed by atoms with E-state index in [1.807, 2.05) is 29.1 Å². The third-order valence-electron chi connectivity index (χ3n) is 2.33. The Labute approximate surface area is 107 Å². The molecule has 2 N–H and O–H groups in total. The molecule has 18 heavy (non-hydrogen) atoms. The van der Waals surface area contributed by atoms with E-state index in [9.17, 15) is 18.0 Å². The third-order valence-corrected chi connectivity index (χ3v) is 3.03. The van der Waals surface area contributed by atoms with Crippen LogP contribution in [0.25, 0.3) is 0 Å². The maximum Gasteiger partial charge on any atom is 0.401 e. The minimum Gasteiger partial charge on any atom is -0.354 e. The number of hydrogen-bond acceptors (Lipinski definition) is 3. The fourth-order valence-electron chi connectivity index (χ4n) is 1.32. The number of nitrogens with one attached hydrogen (secondary N) is 2. The van der Waals surface area contributed by atoms with Gasteiger partial charge in [0.05, 0.1) is 13.1 Å². The molecule has 0 aliphatic rings. The van der Waals surface area contributed by atoms with Gasteiger partial charge >= 0.3 is 6.18 Å². The summed E-state index contributed by atoms with van der Waals surface area (Å²) in [5.41, 5.74) is 1.11. The van der Waals surface area contributed by atoms with E-state index in [4.69, 9.17) is 0 Å². The van der Waals surface area contributed by atoms with Gasteiger partial charge in [0.1, 0.15) is 0 Å². The van der Waals surface area contributed by atoms with Gasteiger partial charge in [-0.3, -0.25) is 4.79 Å². The normalized spacial score (nSPS) is 13.3. The predicted octanol–water partition coefficient (Wildman–Crippen LogP) is 2.12. The molecule has 0 aliphatic heterocycles. The summed E-state index contributed by atoms with van der Waals surface area (Å²) in [7, 11) is 0. The molecule has 1 aromatic heterocycles. The Bertz CT molecular complexity index is 365. The number of halogens is 3. The van der Waals surface area contributed by atoms with Gasteiger partial charge in [0.15, 0.2) is 0 Å². The van der Waals surface area contributed by atoms with Crippen molar-refractivity contribution in [3.63, 3.8) is 0 Å². The van der Waals surface area contributed by atoms with Crippen molar-refractivity contribution in [3.8, 4) is 0 Å². The first-order valence-electron chi connectivity index (χ1n) is 5.45. The Morgan fingerprint density at radius 2 is 2.22 bits per heavy atom. The first-order chi connectivity index (χ1) is 8.38. The number of hydrogen-bond donors (Lipinski definition) is 2. The number of thiophene rings is 1. The molecule has 102 valence electrons. The number of carbonyl (C=O) groups is 1. The summed E-state index contributed by atoms with van der Waals surface area (Å²) in [6.45, 7) is 0.894. The van der Waals surface area contributed by atoms with Crippen LogP contribution in [0.15, 0.2) is 16.8 Å². The van der Waals surface area contributed by atoms with Crippen LogP contribution in [-0.2, 0) is 4.79 Å². The fraction of sp³-hybridized carbons (Fsp3) is 0.545. The molecule has 0 radical (unpaired) electrons. The molecular weight excluding hydrogens is 265 g/mol. The zero-order chi connectivity index (χ0) is 13.6. The summed E-state index contributed by atoms with van der Waals surface area (Å²) < 4.78 is 35.4. The van der Waals surface area contributed by atoms with Crippen LogP contribution >= 0.6 is 11.3 Å². The van der Waals surface area contributed by atoms with Gasteiger partial charge in [-0.2, -0.15) is 24.5 Å².